The van der Waals surface area contributed by atoms with Crippen LogP contribution in [0.3, 0.4) is 0 Å². The number of para-hydroxylation sites is 1. The van der Waals surface area contributed by atoms with E-state index in [4.69, 9.17) is 4.74 Å². The lowest BCUT2D eigenvalue weighted by atomic mass is 9.62. The Morgan fingerprint density at radius 1 is 1.29 bits per heavy atom. The summed E-state index contributed by atoms with van der Waals surface area (Å²) in [4.78, 5) is 37.5. The van der Waals surface area contributed by atoms with Gasteiger partial charge in [0.1, 0.15) is 17.1 Å². The van der Waals surface area contributed by atoms with Crippen molar-refractivity contribution >= 4 is 23.3 Å². The molecule has 0 aromatic heterocycles. The number of amides is 1. The molecule has 2 atom stereocenters. The molecule has 2 unspecified atom stereocenters. The number of carbonyl (C=O) groups excluding carboxylic acids is 3. The Morgan fingerprint density at radius 2 is 1.92 bits per heavy atom. The monoisotopic (exact) mass is 325 g/mol. The smallest absolute Gasteiger partial charge is 0.318 e. The minimum atomic E-state index is -1.93. The lowest BCUT2D eigenvalue weighted by molar-refractivity contribution is -0.157. The summed E-state index contributed by atoms with van der Waals surface area (Å²) in [5, 5.41) is 21.4. The molecule has 1 aromatic carbocycles. The number of Topliss-reactive ketones (excluding diaryl/α,β-unsaturated/α-hetero) is 1. The molecule has 0 saturated carbocycles. The van der Waals surface area contributed by atoms with Gasteiger partial charge in [-0.05, 0) is 25.5 Å². The van der Waals surface area contributed by atoms with Crippen LogP contribution in [-0.2, 0) is 24.5 Å². The number of nitriles is 2. The van der Waals surface area contributed by atoms with Crippen LogP contribution < -0.4 is 5.32 Å². The number of hydrogen-bond acceptors (Lipinski definition) is 6. The van der Waals surface area contributed by atoms with Crippen LogP contribution in [0.15, 0.2) is 24.3 Å². The van der Waals surface area contributed by atoms with E-state index in [2.05, 4.69) is 5.32 Å². The zero-order valence-electron chi connectivity index (χ0n) is 13.2. The highest BCUT2D eigenvalue weighted by Crippen LogP contribution is 2.48. The van der Waals surface area contributed by atoms with Crippen LogP contribution in [0.4, 0.5) is 5.69 Å². The summed E-state index contributed by atoms with van der Waals surface area (Å²) in [7, 11) is 0. The van der Waals surface area contributed by atoms with Gasteiger partial charge in [-0.25, -0.2) is 0 Å². The second-order valence-corrected chi connectivity index (χ2v) is 5.36. The fourth-order valence-corrected chi connectivity index (χ4v) is 3.17. The van der Waals surface area contributed by atoms with Crippen LogP contribution in [-0.4, -0.2) is 24.3 Å². The van der Waals surface area contributed by atoms with Gasteiger partial charge in [-0.2, -0.15) is 10.5 Å². The van der Waals surface area contributed by atoms with Crippen molar-refractivity contribution in [2.75, 3.05) is 11.9 Å². The topological polar surface area (TPSA) is 120 Å². The summed E-state index contributed by atoms with van der Waals surface area (Å²) in [5.41, 5.74) is -1.29. The maximum Gasteiger partial charge on any atom is 0.318 e. The molecule has 1 N–H and O–H groups in total. The van der Waals surface area contributed by atoms with Crippen molar-refractivity contribution in [2.45, 2.75) is 19.3 Å². The first-order chi connectivity index (χ1) is 11.4. The Hall–Kier alpha value is -3.19. The Morgan fingerprint density at radius 3 is 2.46 bits per heavy atom. The number of benzene rings is 1. The summed E-state index contributed by atoms with van der Waals surface area (Å²) in [6.07, 6.45) is 0. The Labute approximate surface area is 138 Å². The fourth-order valence-electron chi connectivity index (χ4n) is 3.17. The third-order valence-corrected chi connectivity index (χ3v) is 4.09. The van der Waals surface area contributed by atoms with E-state index in [1.807, 2.05) is 0 Å². The molecular formula is C17H15N3O4. The van der Waals surface area contributed by atoms with Gasteiger partial charge in [0, 0.05) is 5.69 Å². The zero-order chi connectivity index (χ0) is 17.9. The van der Waals surface area contributed by atoms with Gasteiger partial charge in [-0.1, -0.05) is 18.2 Å². The summed E-state index contributed by atoms with van der Waals surface area (Å²) >= 11 is 0. The van der Waals surface area contributed by atoms with E-state index in [1.165, 1.54) is 6.07 Å². The molecule has 1 aromatic rings. The van der Waals surface area contributed by atoms with E-state index in [1.54, 1.807) is 37.3 Å². The van der Waals surface area contributed by atoms with Gasteiger partial charge < -0.3 is 10.1 Å². The molecule has 1 heterocycles. The molecule has 2 rings (SSSR count). The fraction of sp³-hybridized carbons (Fsp3) is 0.353. The number of nitrogens with one attached hydrogen (secondary N) is 1. The van der Waals surface area contributed by atoms with E-state index in [-0.39, 0.29) is 12.2 Å². The lowest BCUT2D eigenvalue weighted by Crippen LogP contribution is -2.53. The molecule has 0 radical (unpaired) electrons. The number of hydrogen-bond donors (Lipinski definition) is 1. The van der Waals surface area contributed by atoms with Gasteiger partial charge in [0.25, 0.3) is 0 Å². The normalized spacial score (nSPS) is 19.6. The van der Waals surface area contributed by atoms with Gasteiger partial charge >= 0.3 is 5.97 Å². The first-order valence-electron chi connectivity index (χ1n) is 7.32. The standard InChI is InChI=1S/C17H15N3O4/c1-3-24-15(22)14(10(2)21)17(11(8-18)9-19)12-6-4-5-7-13(12)20-16(17)23/h4-7,11,14H,3H2,1-2H3,(H,20,23). The van der Waals surface area contributed by atoms with Crippen LogP contribution >= 0.6 is 0 Å². The van der Waals surface area contributed by atoms with Gasteiger partial charge in [0.2, 0.25) is 5.91 Å². The van der Waals surface area contributed by atoms with Crippen LogP contribution in [0.1, 0.15) is 19.4 Å². The summed E-state index contributed by atoms with van der Waals surface area (Å²) in [6, 6.07) is 9.91. The molecule has 7 heteroatoms. The molecule has 0 spiro atoms. The highest BCUT2D eigenvalue weighted by atomic mass is 16.5. The van der Waals surface area contributed by atoms with Gasteiger partial charge in [0.15, 0.2) is 5.92 Å². The van der Waals surface area contributed by atoms with E-state index < -0.39 is 34.9 Å². The third kappa shape index (κ3) is 2.31. The largest absolute Gasteiger partial charge is 0.465 e. The predicted molar refractivity (Wildman–Crippen MR) is 82.3 cm³/mol. The van der Waals surface area contributed by atoms with Crippen molar-refractivity contribution in [3.05, 3.63) is 29.8 Å². The average Bonchev–Trinajstić information content (AvgIpc) is 2.82. The Kier molecular flexibility index (Phi) is 4.66. The Bertz CT molecular complexity index is 776. The number of ketones is 1. The second-order valence-electron chi connectivity index (χ2n) is 5.36. The highest BCUT2D eigenvalue weighted by Gasteiger charge is 2.62. The van der Waals surface area contributed by atoms with Crippen molar-refractivity contribution in [3.63, 3.8) is 0 Å². The highest BCUT2D eigenvalue weighted by molar-refractivity contribution is 6.15. The van der Waals surface area contributed by atoms with Crippen LogP contribution in [0.5, 0.6) is 0 Å². The summed E-state index contributed by atoms with van der Waals surface area (Å²) < 4.78 is 4.95. The molecule has 1 aliphatic rings. The van der Waals surface area contributed by atoms with Gasteiger partial charge in [-0.3, -0.25) is 14.4 Å². The molecule has 0 bridgehead atoms. The molecule has 7 nitrogen and oxygen atoms in total. The van der Waals surface area contributed by atoms with Crippen molar-refractivity contribution < 1.29 is 19.1 Å². The zero-order valence-corrected chi connectivity index (χ0v) is 13.2. The first kappa shape index (κ1) is 17.2. The third-order valence-electron chi connectivity index (χ3n) is 4.09. The van der Waals surface area contributed by atoms with E-state index >= 15 is 0 Å². The van der Waals surface area contributed by atoms with Crippen molar-refractivity contribution in [3.8, 4) is 12.1 Å². The van der Waals surface area contributed by atoms with Crippen LogP contribution in [0, 0.1) is 34.5 Å². The van der Waals surface area contributed by atoms with E-state index in [0.717, 1.165) is 6.92 Å². The summed E-state index contributed by atoms with van der Waals surface area (Å²) in [5.74, 6) is -5.40. The molecule has 1 amide bonds. The van der Waals surface area contributed by atoms with Crippen molar-refractivity contribution in [1.82, 2.24) is 0 Å². The maximum absolute atomic E-state index is 12.8. The predicted octanol–water partition coefficient (Wildman–Crippen LogP) is 1.31. The molecule has 1 aliphatic heterocycles. The molecule has 0 aliphatic carbocycles. The number of ether oxygens (including phenoxy) is 1. The molecule has 0 saturated heterocycles. The molecule has 122 valence electrons. The Balaban J connectivity index is 2.81. The van der Waals surface area contributed by atoms with Gasteiger partial charge in [0.05, 0.1) is 18.7 Å². The lowest BCUT2D eigenvalue weighted by Gasteiger charge is -2.33. The average molecular weight is 325 g/mol. The quantitative estimate of drug-likeness (QED) is 0.643. The van der Waals surface area contributed by atoms with E-state index in [0.29, 0.717) is 5.69 Å². The minimum absolute atomic E-state index is 0.00569. The van der Waals surface area contributed by atoms with Crippen molar-refractivity contribution in [1.29, 1.82) is 10.5 Å². The minimum Gasteiger partial charge on any atom is -0.465 e. The van der Waals surface area contributed by atoms with Crippen LogP contribution in [0.2, 0.25) is 0 Å². The first-order valence-corrected chi connectivity index (χ1v) is 7.32. The maximum atomic E-state index is 12.8. The summed E-state index contributed by atoms with van der Waals surface area (Å²) in [6.45, 7) is 2.71. The van der Waals surface area contributed by atoms with E-state index in [9.17, 15) is 24.9 Å². The van der Waals surface area contributed by atoms with Crippen molar-refractivity contribution in [2.24, 2.45) is 11.8 Å². The number of esters is 1. The molecule has 24 heavy (non-hydrogen) atoms. The van der Waals surface area contributed by atoms with Gasteiger partial charge in [-0.15, -0.1) is 0 Å². The number of nitrogens with zero attached hydrogens (tertiary/aromatic N) is 2. The number of anilines is 1. The second kappa shape index (κ2) is 6.51. The number of carbonyl (C=O) groups is 3. The number of rotatable bonds is 5. The molecular weight excluding hydrogens is 310 g/mol. The number of fused-ring (bicyclic) bond motifs is 1. The SMILES string of the molecule is CCOC(=O)C(C(C)=O)C1(C(C#N)C#N)C(=O)Nc2ccccc21. The van der Waals surface area contributed by atoms with Crippen LogP contribution in [0.25, 0.3) is 0 Å². The molecule has 0 fully saturated rings.